The van der Waals surface area contributed by atoms with Crippen molar-refractivity contribution in [3.63, 3.8) is 0 Å². The molecule has 2 unspecified atom stereocenters. The third-order valence-electron chi connectivity index (χ3n) is 5.77. The molecule has 0 fully saturated rings. The summed E-state index contributed by atoms with van der Waals surface area (Å²) in [4.78, 5) is 15.2. The standard InChI is InChI=1S/C31H29O3S/c1-6-31(5,17-16-25-12-8-7-9-13-25)34-29(32)21-33-30-22(2)18-27(19-23(30)3)35-24(4)20-26-14-10-11-15-28(26)35/h6-15,18-20H,1,21H2,2-5H3/q+1. The Labute approximate surface area is 210 Å². The van der Waals surface area contributed by atoms with Crippen LogP contribution in [-0.2, 0) is 9.53 Å². The monoisotopic (exact) mass is 481 g/mol. The van der Waals surface area contributed by atoms with Crippen LogP contribution in [-0.4, -0.2) is 18.2 Å². The van der Waals surface area contributed by atoms with Gasteiger partial charge in [-0.25, -0.2) is 4.79 Å². The molecule has 1 aromatic heterocycles. The minimum atomic E-state index is -1.11. The lowest BCUT2D eigenvalue weighted by molar-refractivity contribution is -0.152. The molecule has 0 aliphatic rings. The quantitative estimate of drug-likeness (QED) is 0.124. The molecular weight excluding hydrogens is 452 g/mol. The zero-order chi connectivity index (χ0) is 25.0. The van der Waals surface area contributed by atoms with Crippen molar-refractivity contribution < 1.29 is 14.3 Å². The molecule has 2 atom stereocenters. The number of thiophene rings is 1. The van der Waals surface area contributed by atoms with Gasteiger partial charge < -0.3 is 9.47 Å². The van der Waals surface area contributed by atoms with Crippen LogP contribution in [0, 0.1) is 32.6 Å². The minimum Gasteiger partial charge on any atom is -0.481 e. The van der Waals surface area contributed by atoms with Gasteiger partial charge in [0.15, 0.2) is 26.7 Å². The third kappa shape index (κ3) is 5.48. The number of benzene rings is 3. The fourth-order valence-electron chi connectivity index (χ4n) is 4.04. The fourth-order valence-corrected chi connectivity index (χ4v) is 6.42. The van der Waals surface area contributed by atoms with E-state index in [4.69, 9.17) is 9.47 Å². The van der Waals surface area contributed by atoms with E-state index in [-0.39, 0.29) is 17.1 Å². The van der Waals surface area contributed by atoms with E-state index in [0.717, 1.165) is 16.7 Å². The number of carbonyl (C=O) groups is 1. The van der Waals surface area contributed by atoms with Gasteiger partial charge in [0.2, 0.25) is 0 Å². The van der Waals surface area contributed by atoms with Gasteiger partial charge >= 0.3 is 5.97 Å². The molecule has 0 radical (unpaired) electrons. The predicted molar refractivity (Wildman–Crippen MR) is 145 cm³/mol. The summed E-state index contributed by atoms with van der Waals surface area (Å²) in [6.45, 7) is 11.5. The summed E-state index contributed by atoms with van der Waals surface area (Å²) in [5.74, 6) is 6.24. The van der Waals surface area contributed by atoms with Crippen LogP contribution >= 0.6 is 10.5 Å². The molecule has 0 aliphatic heterocycles. The van der Waals surface area contributed by atoms with Crippen molar-refractivity contribution in [2.45, 2.75) is 33.3 Å². The smallest absolute Gasteiger partial charge is 0.345 e. The first kappa shape index (κ1) is 24.3. The molecule has 4 heteroatoms. The first-order valence-corrected chi connectivity index (χ1v) is 12.7. The van der Waals surface area contributed by atoms with Gasteiger partial charge in [-0.3, -0.25) is 0 Å². The molecule has 0 amide bonds. The Morgan fingerprint density at radius 2 is 1.66 bits per heavy atom. The molecule has 4 aromatic rings. The van der Waals surface area contributed by atoms with Gasteiger partial charge in [0.05, 0.1) is 0 Å². The van der Waals surface area contributed by atoms with E-state index in [0.29, 0.717) is 5.75 Å². The first-order chi connectivity index (χ1) is 16.8. The van der Waals surface area contributed by atoms with Crippen molar-refractivity contribution in [3.8, 4) is 22.5 Å². The van der Waals surface area contributed by atoms with Gasteiger partial charge in [0.1, 0.15) is 5.75 Å². The van der Waals surface area contributed by atoms with E-state index < -0.39 is 11.6 Å². The van der Waals surface area contributed by atoms with E-state index in [1.807, 2.05) is 44.2 Å². The van der Waals surface area contributed by atoms with Gasteiger partial charge in [0, 0.05) is 46.5 Å². The van der Waals surface area contributed by atoms with E-state index in [2.05, 4.69) is 67.8 Å². The van der Waals surface area contributed by atoms with E-state index >= 15 is 0 Å². The Morgan fingerprint density at radius 1 is 1.00 bits per heavy atom. The number of hydrogen-bond donors (Lipinski definition) is 0. The molecule has 0 saturated heterocycles. The molecule has 4 rings (SSSR count). The van der Waals surface area contributed by atoms with Crippen molar-refractivity contribution >= 4 is 26.5 Å². The van der Waals surface area contributed by atoms with Crippen LogP contribution in [0.25, 0.3) is 15.0 Å². The van der Waals surface area contributed by atoms with Gasteiger partial charge in [-0.2, -0.15) is 0 Å². The number of esters is 1. The Morgan fingerprint density at radius 3 is 2.34 bits per heavy atom. The summed E-state index contributed by atoms with van der Waals surface area (Å²) in [6, 6.07) is 24.7. The van der Waals surface area contributed by atoms with Crippen LogP contribution < -0.4 is 4.74 Å². The fraction of sp³-hybridized carbons (Fsp3) is 0.194. The number of carbonyl (C=O) groups excluding carboxylic acids is 1. The Hall–Kier alpha value is -3.81. The topological polar surface area (TPSA) is 35.5 Å². The van der Waals surface area contributed by atoms with Crippen molar-refractivity contribution in [2.24, 2.45) is 0 Å². The maximum Gasteiger partial charge on any atom is 0.345 e. The Kier molecular flexibility index (Phi) is 7.10. The van der Waals surface area contributed by atoms with Gasteiger partial charge in [-0.1, -0.05) is 42.8 Å². The predicted octanol–water partition coefficient (Wildman–Crippen LogP) is 7.42. The molecule has 0 aliphatic carbocycles. The highest BCUT2D eigenvalue weighted by Crippen LogP contribution is 2.45. The molecule has 3 nitrogen and oxygen atoms in total. The lowest BCUT2D eigenvalue weighted by Crippen LogP contribution is -2.30. The van der Waals surface area contributed by atoms with Gasteiger partial charge in [0.25, 0.3) is 0 Å². The van der Waals surface area contributed by atoms with E-state index in [1.165, 1.54) is 25.9 Å². The van der Waals surface area contributed by atoms with Crippen LogP contribution in [0.5, 0.6) is 5.75 Å². The average Bonchev–Trinajstić information content (AvgIpc) is 3.18. The Balaban J connectivity index is 1.49. The van der Waals surface area contributed by atoms with Gasteiger partial charge in [-0.05, 0) is 68.2 Å². The highest BCUT2D eigenvalue weighted by atomic mass is 32.2. The third-order valence-corrected chi connectivity index (χ3v) is 8.05. The van der Waals surface area contributed by atoms with E-state index in [1.54, 1.807) is 6.92 Å². The number of fused-ring (bicyclic) bond motifs is 1. The maximum absolute atomic E-state index is 12.6. The minimum absolute atomic E-state index is 0.0972. The molecule has 0 spiro atoms. The van der Waals surface area contributed by atoms with Crippen molar-refractivity contribution in [3.05, 3.63) is 107 Å². The second kappa shape index (κ2) is 10.2. The molecule has 1 heterocycles. The van der Waals surface area contributed by atoms with E-state index in [9.17, 15) is 4.79 Å². The number of hydrogen-bond acceptors (Lipinski definition) is 3. The summed E-state index contributed by atoms with van der Waals surface area (Å²) in [6.07, 6.45) is 1.53. The summed E-state index contributed by atoms with van der Waals surface area (Å²) >= 11 is 0. The lowest BCUT2D eigenvalue weighted by Gasteiger charge is -2.20. The molecule has 176 valence electrons. The summed E-state index contributed by atoms with van der Waals surface area (Å²) < 4.78 is 12.9. The van der Waals surface area contributed by atoms with Crippen LogP contribution in [0.2, 0.25) is 0 Å². The summed E-state index contributed by atoms with van der Waals surface area (Å²) in [5, 5.41) is 1.28. The second-order valence-corrected chi connectivity index (χ2v) is 10.8. The lowest BCUT2D eigenvalue weighted by atomic mass is 10.1. The van der Waals surface area contributed by atoms with Crippen molar-refractivity contribution in [1.82, 2.24) is 0 Å². The van der Waals surface area contributed by atoms with Crippen molar-refractivity contribution in [1.29, 1.82) is 0 Å². The molecule has 35 heavy (non-hydrogen) atoms. The highest BCUT2D eigenvalue weighted by Gasteiger charge is 2.25. The molecular formula is C31H29O3S+. The van der Waals surface area contributed by atoms with Crippen LogP contribution in [0.4, 0.5) is 0 Å². The van der Waals surface area contributed by atoms with Crippen LogP contribution in [0.3, 0.4) is 0 Å². The first-order valence-electron chi connectivity index (χ1n) is 11.5. The summed E-state index contributed by atoms with van der Waals surface area (Å²) in [7, 11) is -0.0972. The number of ether oxygens (including phenoxy) is 2. The van der Waals surface area contributed by atoms with Crippen LogP contribution in [0.15, 0.2) is 85.5 Å². The molecule has 0 bridgehead atoms. The second-order valence-electron chi connectivity index (χ2n) is 8.68. The average molecular weight is 482 g/mol. The normalized spacial score (nSPS) is 12.9. The molecule has 0 N–H and O–H groups in total. The van der Waals surface area contributed by atoms with Crippen molar-refractivity contribution in [2.75, 3.05) is 6.61 Å². The summed E-state index contributed by atoms with van der Waals surface area (Å²) in [5.41, 5.74) is 1.72. The SMILES string of the molecule is C=CC(C)(C#Cc1ccccc1)OC(=O)COc1c(C)cc(-[s+]2c(C)cc3ccccc32)cc1C. The van der Waals surface area contributed by atoms with Crippen LogP contribution in [0.1, 0.15) is 28.5 Å². The molecule has 0 saturated carbocycles. The largest absolute Gasteiger partial charge is 0.481 e. The number of rotatable bonds is 6. The zero-order valence-corrected chi connectivity index (χ0v) is 21.4. The highest BCUT2D eigenvalue weighted by molar-refractivity contribution is 7.45. The Bertz CT molecular complexity index is 1430. The zero-order valence-electron chi connectivity index (χ0n) is 20.6. The number of aryl methyl sites for hydroxylation is 3. The van der Waals surface area contributed by atoms with Gasteiger partial charge in [-0.15, -0.1) is 0 Å². The maximum atomic E-state index is 12.6. The molecule has 3 aromatic carbocycles.